The lowest BCUT2D eigenvalue weighted by Gasteiger charge is -2.25. The topological polar surface area (TPSA) is 76.1 Å². The number of para-hydroxylation sites is 1. The van der Waals surface area contributed by atoms with Crippen molar-refractivity contribution in [3.8, 4) is 11.5 Å². The molecule has 0 saturated carbocycles. The fraction of sp³-hybridized carbons (Fsp3) is 0.333. The van der Waals surface area contributed by atoms with E-state index < -0.39 is 11.5 Å². The van der Waals surface area contributed by atoms with Gasteiger partial charge in [0.15, 0.2) is 22.9 Å². The molecule has 3 rings (SSSR count). The van der Waals surface area contributed by atoms with E-state index in [2.05, 4.69) is 0 Å². The maximum Gasteiger partial charge on any atom is 0.264 e. The number of nitrogens with zero attached hydrogens (tertiary/aromatic N) is 1. The number of rotatable bonds is 6. The van der Waals surface area contributed by atoms with Crippen LogP contribution in [0.3, 0.4) is 0 Å². The molecule has 0 aromatic heterocycles. The highest BCUT2D eigenvalue weighted by Gasteiger charge is 2.51. The average molecular weight is 369 g/mol. The van der Waals surface area contributed by atoms with Crippen molar-refractivity contribution in [3.63, 3.8) is 0 Å². The molecule has 1 amide bonds. The number of carbonyl (C=O) groups excluding carboxylic acids is 2. The molecule has 27 heavy (non-hydrogen) atoms. The Labute approximate surface area is 158 Å². The van der Waals surface area contributed by atoms with Gasteiger partial charge in [0.1, 0.15) is 0 Å². The Kier molecular flexibility index (Phi) is 4.93. The summed E-state index contributed by atoms with van der Waals surface area (Å²) in [7, 11) is 2.99. The van der Waals surface area contributed by atoms with Crippen LogP contribution in [0.5, 0.6) is 11.5 Å². The van der Waals surface area contributed by atoms with E-state index in [1.54, 1.807) is 36.4 Å². The Balaban J connectivity index is 1.97. The quantitative estimate of drug-likeness (QED) is 0.793. The fourth-order valence-electron chi connectivity index (χ4n) is 3.48. The highest BCUT2D eigenvalue weighted by Crippen LogP contribution is 2.44. The lowest BCUT2D eigenvalue weighted by atomic mass is 9.88. The van der Waals surface area contributed by atoms with Crippen molar-refractivity contribution in [2.24, 2.45) is 0 Å². The summed E-state index contributed by atoms with van der Waals surface area (Å²) in [5.74, 6) is 0.0815. The molecule has 1 heterocycles. The first-order valence-electron chi connectivity index (χ1n) is 8.74. The Hall–Kier alpha value is -2.86. The molecular formula is C21H23NO5. The van der Waals surface area contributed by atoms with Crippen molar-refractivity contribution in [1.29, 1.82) is 0 Å². The number of ether oxygens (including phenoxy) is 2. The molecular weight excluding hydrogens is 346 g/mol. The van der Waals surface area contributed by atoms with Crippen LogP contribution in [-0.2, 0) is 10.4 Å². The second kappa shape index (κ2) is 7.04. The second-order valence-electron chi connectivity index (χ2n) is 6.82. The number of hydrogen-bond donors (Lipinski definition) is 1. The third-order valence-electron chi connectivity index (χ3n) is 4.82. The molecule has 6 heteroatoms. The maximum absolute atomic E-state index is 13.0. The van der Waals surface area contributed by atoms with E-state index in [0.717, 1.165) is 0 Å². The van der Waals surface area contributed by atoms with E-state index in [0.29, 0.717) is 28.3 Å². The van der Waals surface area contributed by atoms with Gasteiger partial charge in [-0.1, -0.05) is 18.2 Å². The molecule has 1 aliphatic rings. The summed E-state index contributed by atoms with van der Waals surface area (Å²) in [5.41, 5.74) is -0.447. The highest BCUT2D eigenvalue weighted by molar-refractivity contribution is 6.11. The highest BCUT2D eigenvalue weighted by atomic mass is 16.5. The zero-order valence-corrected chi connectivity index (χ0v) is 15.9. The lowest BCUT2D eigenvalue weighted by Crippen LogP contribution is -2.44. The molecule has 6 nitrogen and oxygen atoms in total. The van der Waals surface area contributed by atoms with Gasteiger partial charge in [0.2, 0.25) is 0 Å². The molecule has 0 saturated heterocycles. The van der Waals surface area contributed by atoms with Gasteiger partial charge in [-0.05, 0) is 38.1 Å². The number of methoxy groups -OCH3 is 2. The monoisotopic (exact) mass is 369 g/mol. The van der Waals surface area contributed by atoms with Crippen LogP contribution in [0.1, 0.15) is 36.2 Å². The maximum atomic E-state index is 13.0. The van der Waals surface area contributed by atoms with Crippen LogP contribution in [-0.4, -0.2) is 37.1 Å². The standard InChI is InChI=1S/C21H23NO5/c1-13(2)22-16-8-6-5-7-15(16)21(25,20(22)24)12-17(23)14-9-10-18(26-3)19(11-14)27-4/h5-11,13,25H,12H2,1-4H3. The van der Waals surface area contributed by atoms with Crippen LogP contribution >= 0.6 is 0 Å². The number of Topliss-reactive ketones (excluding diaryl/α,β-unsaturated/α-hetero) is 1. The summed E-state index contributed by atoms with van der Waals surface area (Å²) in [6.07, 6.45) is -0.346. The van der Waals surface area contributed by atoms with Crippen LogP contribution in [0.15, 0.2) is 42.5 Å². The molecule has 0 radical (unpaired) electrons. The number of carbonyl (C=O) groups is 2. The van der Waals surface area contributed by atoms with Crippen LogP contribution in [0.25, 0.3) is 0 Å². The van der Waals surface area contributed by atoms with E-state index in [-0.39, 0.29) is 18.2 Å². The number of ketones is 1. The lowest BCUT2D eigenvalue weighted by molar-refractivity contribution is -0.136. The summed E-state index contributed by atoms with van der Waals surface area (Å²) in [6.45, 7) is 3.74. The zero-order valence-electron chi connectivity index (χ0n) is 15.9. The number of anilines is 1. The molecule has 0 fully saturated rings. The van der Waals surface area contributed by atoms with E-state index in [1.807, 2.05) is 19.9 Å². The van der Waals surface area contributed by atoms with Crippen molar-refractivity contribution in [1.82, 2.24) is 0 Å². The van der Waals surface area contributed by atoms with Gasteiger partial charge in [-0.2, -0.15) is 0 Å². The summed E-state index contributed by atoms with van der Waals surface area (Å²) in [6, 6.07) is 11.7. The number of amides is 1. The number of hydrogen-bond acceptors (Lipinski definition) is 5. The van der Waals surface area contributed by atoms with Gasteiger partial charge in [-0.3, -0.25) is 9.59 Å². The zero-order chi connectivity index (χ0) is 19.8. The van der Waals surface area contributed by atoms with Crippen LogP contribution < -0.4 is 14.4 Å². The smallest absolute Gasteiger partial charge is 0.264 e. The number of benzene rings is 2. The largest absolute Gasteiger partial charge is 0.493 e. The summed E-state index contributed by atoms with van der Waals surface area (Å²) in [5, 5.41) is 11.2. The van der Waals surface area contributed by atoms with Gasteiger partial charge in [0.05, 0.1) is 26.3 Å². The summed E-state index contributed by atoms with van der Waals surface area (Å²) < 4.78 is 10.4. The number of aliphatic hydroxyl groups is 1. The fourth-order valence-corrected chi connectivity index (χ4v) is 3.48. The summed E-state index contributed by atoms with van der Waals surface area (Å²) in [4.78, 5) is 27.4. The molecule has 1 N–H and O–H groups in total. The average Bonchev–Trinajstić information content (AvgIpc) is 2.88. The molecule has 2 aromatic rings. The molecule has 0 aliphatic carbocycles. The first-order valence-corrected chi connectivity index (χ1v) is 8.74. The van der Waals surface area contributed by atoms with Crippen molar-refractivity contribution in [2.45, 2.75) is 31.9 Å². The Morgan fingerprint density at radius 1 is 1.11 bits per heavy atom. The molecule has 2 aromatic carbocycles. The van der Waals surface area contributed by atoms with Crippen LogP contribution in [0, 0.1) is 0 Å². The van der Waals surface area contributed by atoms with Gasteiger partial charge in [0.25, 0.3) is 5.91 Å². The molecule has 0 spiro atoms. The van der Waals surface area contributed by atoms with E-state index in [4.69, 9.17) is 9.47 Å². The third-order valence-corrected chi connectivity index (χ3v) is 4.82. The Morgan fingerprint density at radius 2 is 1.78 bits per heavy atom. The SMILES string of the molecule is COc1ccc(C(=O)CC2(O)C(=O)N(C(C)C)c3ccccc32)cc1OC. The molecule has 0 bridgehead atoms. The van der Waals surface area contributed by atoms with Gasteiger partial charge >= 0.3 is 0 Å². The third kappa shape index (κ3) is 3.06. The minimum Gasteiger partial charge on any atom is -0.493 e. The molecule has 1 aliphatic heterocycles. The van der Waals surface area contributed by atoms with Crippen molar-refractivity contribution in [3.05, 3.63) is 53.6 Å². The van der Waals surface area contributed by atoms with Gasteiger partial charge < -0.3 is 19.5 Å². The molecule has 1 atom stereocenters. The Bertz CT molecular complexity index is 892. The minimum absolute atomic E-state index is 0.135. The first kappa shape index (κ1) is 18.9. The molecule has 1 unspecified atom stereocenters. The predicted molar refractivity (Wildman–Crippen MR) is 101 cm³/mol. The second-order valence-corrected chi connectivity index (χ2v) is 6.82. The van der Waals surface area contributed by atoms with Crippen molar-refractivity contribution in [2.75, 3.05) is 19.1 Å². The van der Waals surface area contributed by atoms with Crippen molar-refractivity contribution < 1.29 is 24.2 Å². The van der Waals surface area contributed by atoms with Crippen LogP contribution in [0.2, 0.25) is 0 Å². The van der Waals surface area contributed by atoms with E-state index in [9.17, 15) is 14.7 Å². The normalized spacial score (nSPS) is 18.6. The summed E-state index contributed by atoms with van der Waals surface area (Å²) >= 11 is 0. The number of fused-ring (bicyclic) bond motifs is 1. The van der Waals surface area contributed by atoms with E-state index in [1.165, 1.54) is 19.1 Å². The first-order chi connectivity index (χ1) is 12.8. The van der Waals surface area contributed by atoms with Gasteiger partial charge in [-0.15, -0.1) is 0 Å². The Morgan fingerprint density at radius 3 is 2.41 bits per heavy atom. The van der Waals surface area contributed by atoms with Crippen LogP contribution in [0.4, 0.5) is 5.69 Å². The van der Waals surface area contributed by atoms with Gasteiger partial charge in [0, 0.05) is 17.2 Å². The van der Waals surface area contributed by atoms with Crippen molar-refractivity contribution >= 4 is 17.4 Å². The molecule has 142 valence electrons. The van der Waals surface area contributed by atoms with Gasteiger partial charge in [-0.25, -0.2) is 0 Å². The minimum atomic E-state index is -1.88. The van der Waals surface area contributed by atoms with E-state index >= 15 is 0 Å². The predicted octanol–water partition coefficient (Wildman–Crippen LogP) is 2.92.